The zero-order valence-electron chi connectivity index (χ0n) is 10.9. The van der Waals surface area contributed by atoms with Crippen LogP contribution in [-0.2, 0) is 16.1 Å². The SMILES string of the molecule is O=C(O)COCc1nnc(-c2ccc3ccccc3n2)o1. The van der Waals surface area contributed by atoms with Gasteiger partial charge in [-0.3, -0.25) is 0 Å². The van der Waals surface area contributed by atoms with Crippen molar-refractivity contribution in [3.8, 4) is 11.6 Å². The topological polar surface area (TPSA) is 98.3 Å². The van der Waals surface area contributed by atoms with Gasteiger partial charge in [0.2, 0.25) is 5.89 Å². The second-order valence-electron chi connectivity index (χ2n) is 4.28. The smallest absolute Gasteiger partial charge is 0.329 e. The van der Waals surface area contributed by atoms with Gasteiger partial charge in [0.1, 0.15) is 18.9 Å². The molecule has 1 aromatic carbocycles. The summed E-state index contributed by atoms with van der Waals surface area (Å²) in [6.45, 7) is -0.460. The molecule has 106 valence electrons. The molecule has 0 spiro atoms. The lowest BCUT2D eigenvalue weighted by molar-refractivity contribution is -0.142. The predicted molar refractivity (Wildman–Crippen MR) is 72.3 cm³/mol. The Balaban J connectivity index is 1.79. The van der Waals surface area contributed by atoms with Gasteiger partial charge in [-0.2, -0.15) is 0 Å². The van der Waals surface area contributed by atoms with Crippen LogP contribution in [-0.4, -0.2) is 32.9 Å². The third kappa shape index (κ3) is 3.03. The van der Waals surface area contributed by atoms with Crippen LogP contribution >= 0.6 is 0 Å². The lowest BCUT2D eigenvalue weighted by atomic mass is 10.2. The maximum Gasteiger partial charge on any atom is 0.329 e. The summed E-state index contributed by atoms with van der Waals surface area (Å²) in [7, 11) is 0. The quantitative estimate of drug-likeness (QED) is 0.764. The van der Waals surface area contributed by atoms with Gasteiger partial charge in [-0.25, -0.2) is 9.78 Å². The first-order valence-electron chi connectivity index (χ1n) is 6.20. The summed E-state index contributed by atoms with van der Waals surface area (Å²) in [5, 5.41) is 17.2. The van der Waals surface area contributed by atoms with Crippen molar-refractivity contribution < 1.29 is 19.1 Å². The van der Waals surface area contributed by atoms with Crippen LogP contribution in [0.25, 0.3) is 22.5 Å². The van der Waals surface area contributed by atoms with E-state index in [4.69, 9.17) is 14.3 Å². The molecule has 2 heterocycles. The normalized spacial score (nSPS) is 10.9. The molecular formula is C14H11N3O4. The molecule has 1 N–H and O–H groups in total. The maximum absolute atomic E-state index is 10.3. The van der Waals surface area contributed by atoms with Crippen molar-refractivity contribution in [3.05, 3.63) is 42.3 Å². The number of hydrogen-bond donors (Lipinski definition) is 1. The number of aliphatic carboxylic acids is 1. The number of carboxylic acid groups (broad SMARTS) is 1. The molecule has 7 heteroatoms. The number of ether oxygens (including phenoxy) is 1. The minimum absolute atomic E-state index is 0.0487. The Morgan fingerprint density at radius 1 is 1.19 bits per heavy atom. The standard InChI is InChI=1S/C14H11N3O4/c18-13(19)8-20-7-12-16-17-14(21-12)11-6-5-9-3-1-2-4-10(9)15-11/h1-6H,7-8H2,(H,18,19). The van der Waals surface area contributed by atoms with E-state index < -0.39 is 12.6 Å². The summed E-state index contributed by atoms with van der Waals surface area (Å²) in [5.74, 6) is -0.568. The predicted octanol–water partition coefficient (Wildman–Crippen LogP) is 1.89. The van der Waals surface area contributed by atoms with E-state index in [-0.39, 0.29) is 18.4 Å². The first-order valence-corrected chi connectivity index (χ1v) is 6.20. The van der Waals surface area contributed by atoms with E-state index in [1.165, 1.54) is 0 Å². The lowest BCUT2D eigenvalue weighted by Gasteiger charge is -1.98. The van der Waals surface area contributed by atoms with Crippen LogP contribution in [0.3, 0.4) is 0 Å². The fourth-order valence-electron chi connectivity index (χ4n) is 1.83. The lowest BCUT2D eigenvalue weighted by Crippen LogP contribution is -2.06. The second-order valence-corrected chi connectivity index (χ2v) is 4.28. The largest absolute Gasteiger partial charge is 0.480 e. The Kier molecular flexibility index (Phi) is 3.57. The minimum Gasteiger partial charge on any atom is -0.480 e. The molecule has 0 aliphatic rings. The fraction of sp³-hybridized carbons (Fsp3) is 0.143. The Morgan fingerprint density at radius 3 is 2.90 bits per heavy atom. The maximum atomic E-state index is 10.3. The molecule has 3 rings (SSSR count). The number of benzene rings is 1. The molecule has 0 aliphatic carbocycles. The molecule has 21 heavy (non-hydrogen) atoms. The van der Waals surface area contributed by atoms with Gasteiger partial charge >= 0.3 is 5.97 Å². The van der Waals surface area contributed by atoms with Crippen LogP contribution in [0.15, 0.2) is 40.8 Å². The molecular weight excluding hydrogens is 274 g/mol. The molecule has 0 unspecified atom stereocenters. The highest BCUT2D eigenvalue weighted by Gasteiger charge is 2.11. The van der Waals surface area contributed by atoms with Crippen molar-refractivity contribution in [2.45, 2.75) is 6.61 Å². The number of hydrogen-bond acceptors (Lipinski definition) is 6. The summed E-state index contributed by atoms with van der Waals surface area (Å²) in [6, 6.07) is 11.4. The molecule has 0 bridgehead atoms. The van der Waals surface area contributed by atoms with E-state index in [1.54, 1.807) is 6.07 Å². The number of pyridine rings is 1. The Bertz CT molecular complexity index is 784. The van der Waals surface area contributed by atoms with Crippen molar-refractivity contribution in [1.29, 1.82) is 0 Å². The molecule has 2 aromatic heterocycles. The van der Waals surface area contributed by atoms with Gasteiger partial charge in [-0.15, -0.1) is 10.2 Å². The van der Waals surface area contributed by atoms with Crippen LogP contribution in [0.1, 0.15) is 5.89 Å². The number of aromatic nitrogens is 3. The minimum atomic E-state index is -1.05. The molecule has 3 aromatic rings. The number of rotatable bonds is 5. The average molecular weight is 285 g/mol. The highest BCUT2D eigenvalue weighted by atomic mass is 16.5. The molecule has 7 nitrogen and oxygen atoms in total. The number of fused-ring (bicyclic) bond motifs is 1. The summed E-state index contributed by atoms with van der Waals surface area (Å²) in [6.07, 6.45) is 0. The number of carboxylic acids is 1. The second kappa shape index (κ2) is 5.68. The van der Waals surface area contributed by atoms with Gasteiger partial charge in [0.25, 0.3) is 5.89 Å². The number of para-hydroxylation sites is 1. The van der Waals surface area contributed by atoms with Gasteiger partial charge in [-0.05, 0) is 12.1 Å². The van der Waals surface area contributed by atoms with E-state index in [0.717, 1.165) is 10.9 Å². The summed E-state index contributed by atoms with van der Waals surface area (Å²) < 4.78 is 10.3. The van der Waals surface area contributed by atoms with E-state index in [2.05, 4.69) is 15.2 Å². The first-order chi connectivity index (χ1) is 10.2. The van der Waals surface area contributed by atoms with Crippen molar-refractivity contribution in [3.63, 3.8) is 0 Å². The highest BCUT2D eigenvalue weighted by Crippen LogP contribution is 2.19. The third-order valence-electron chi connectivity index (χ3n) is 2.74. The van der Waals surface area contributed by atoms with Crippen molar-refractivity contribution >= 4 is 16.9 Å². The van der Waals surface area contributed by atoms with E-state index >= 15 is 0 Å². The van der Waals surface area contributed by atoms with Gasteiger partial charge in [0.15, 0.2) is 0 Å². The monoisotopic (exact) mass is 285 g/mol. The molecule has 0 atom stereocenters. The van der Waals surface area contributed by atoms with Crippen LogP contribution in [0.2, 0.25) is 0 Å². The third-order valence-corrected chi connectivity index (χ3v) is 2.74. The summed E-state index contributed by atoms with van der Waals surface area (Å²) in [4.78, 5) is 14.8. The van der Waals surface area contributed by atoms with Gasteiger partial charge in [-0.1, -0.05) is 24.3 Å². The Labute approximate surface area is 119 Å². The van der Waals surface area contributed by atoms with Crippen LogP contribution < -0.4 is 0 Å². The molecule has 0 saturated heterocycles. The Morgan fingerprint density at radius 2 is 2.05 bits per heavy atom. The van der Waals surface area contributed by atoms with Gasteiger partial charge < -0.3 is 14.3 Å². The van der Waals surface area contributed by atoms with Crippen molar-refractivity contribution in [2.75, 3.05) is 6.61 Å². The molecule has 0 amide bonds. The fourth-order valence-corrected chi connectivity index (χ4v) is 1.83. The zero-order chi connectivity index (χ0) is 14.7. The number of nitrogens with zero attached hydrogens (tertiary/aromatic N) is 3. The molecule has 0 radical (unpaired) electrons. The van der Waals surface area contributed by atoms with Crippen molar-refractivity contribution in [1.82, 2.24) is 15.2 Å². The van der Waals surface area contributed by atoms with Crippen LogP contribution in [0, 0.1) is 0 Å². The molecule has 0 aliphatic heterocycles. The van der Waals surface area contributed by atoms with E-state index in [9.17, 15) is 4.79 Å². The Hall–Kier alpha value is -2.80. The summed E-state index contributed by atoms with van der Waals surface area (Å²) in [5.41, 5.74) is 1.39. The van der Waals surface area contributed by atoms with Crippen LogP contribution in [0.5, 0.6) is 0 Å². The zero-order valence-corrected chi connectivity index (χ0v) is 10.9. The van der Waals surface area contributed by atoms with E-state index in [0.29, 0.717) is 5.69 Å². The van der Waals surface area contributed by atoms with Gasteiger partial charge in [0, 0.05) is 5.39 Å². The average Bonchev–Trinajstić information content (AvgIpc) is 2.95. The summed E-state index contributed by atoms with van der Waals surface area (Å²) >= 11 is 0. The molecule has 0 fully saturated rings. The number of carbonyl (C=O) groups is 1. The van der Waals surface area contributed by atoms with E-state index in [1.807, 2.05) is 30.3 Å². The molecule has 0 saturated carbocycles. The highest BCUT2D eigenvalue weighted by molar-refractivity contribution is 5.80. The van der Waals surface area contributed by atoms with Crippen molar-refractivity contribution in [2.24, 2.45) is 0 Å². The van der Waals surface area contributed by atoms with Crippen LogP contribution in [0.4, 0.5) is 0 Å². The first kappa shape index (κ1) is 13.2. The van der Waals surface area contributed by atoms with Gasteiger partial charge in [0.05, 0.1) is 5.52 Å².